The van der Waals surface area contributed by atoms with E-state index in [2.05, 4.69) is 6.07 Å². The largest absolute Gasteiger partial charge is 0.496 e. The van der Waals surface area contributed by atoms with E-state index in [0.717, 1.165) is 5.56 Å². The van der Waals surface area contributed by atoms with Crippen LogP contribution in [0.1, 0.15) is 19.4 Å². The first kappa shape index (κ1) is 13.8. The molecule has 1 aliphatic heterocycles. The Hall–Kier alpha value is -1.60. The van der Waals surface area contributed by atoms with Crippen LogP contribution in [0.15, 0.2) is 18.2 Å². The van der Waals surface area contributed by atoms with Gasteiger partial charge in [-0.25, -0.2) is 4.39 Å². The third kappa shape index (κ3) is 2.19. The van der Waals surface area contributed by atoms with Crippen molar-refractivity contribution in [3.8, 4) is 11.8 Å². The molecule has 1 aromatic rings. The topological polar surface area (TPSA) is 42.2 Å². The Bertz CT molecular complexity index is 503. The fraction of sp³-hybridized carbons (Fsp3) is 0.533. The van der Waals surface area contributed by atoms with Gasteiger partial charge >= 0.3 is 0 Å². The molecule has 0 N–H and O–H groups in total. The van der Waals surface area contributed by atoms with Crippen molar-refractivity contribution in [2.45, 2.75) is 19.3 Å². The molecule has 0 aromatic heterocycles. The molecule has 1 heterocycles. The normalized spacial score (nSPS) is 18.5. The molecule has 0 radical (unpaired) electrons. The van der Waals surface area contributed by atoms with Gasteiger partial charge in [0.25, 0.3) is 0 Å². The van der Waals surface area contributed by atoms with E-state index in [0.29, 0.717) is 19.0 Å². The highest BCUT2D eigenvalue weighted by Crippen LogP contribution is 2.46. The molecule has 0 amide bonds. The molecular formula is C15H18FNO2. The Morgan fingerprint density at radius 2 is 2.11 bits per heavy atom. The number of ether oxygens (including phenoxy) is 2. The third-order valence-corrected chi connectivity index (χ3v) is 3.82. The summed E-state index contributed by atoms with van der Waals surface area (Å²) in [5.41, 5.74) is 0.276. The summed E-state index contributed by atoms with van der Waals surface area (Å²) in [6, 6.07) is 6.80. The first-order chi connectivity index (χ1) is 9.05. The highest BCUT2D eigenvalue weighted by atomic mass is 19.1. The predicted octanol–water partition coefficient (Wildman–Crippen LogP) is 2.90. The van der Waals surface area contributed by atoms with E-state index >= 15 is 0 Å². The smallest absolute Gasteiger partial charge is 0.123 e. The molecule has 3 nitrogen and oxygen atoms in total. The molecule has 1 unspecified atom stereocenters. The van der Waals surface area contributed by atoms with Gasteiger partial charge in [0, 0.05) is 5.56 Å². The molecule has 1 aliphatic rings. The average molecular weight is 263 g/mol. The molecule has 4 heteroatoms. The molecule has 1 saturated heterocycles. The van der Waals surface area contributed by atoms with Crippen molar-refractivity contribution >= 4 is 0 Å². The van der Waals surface area contributed by atoms with E-state index in [-0.39, 0.29) is 17.7 Å². The summed E-state index contributed by atoms with van der Waals surface area (Å²) >= 11 is 0. The summed E-state index contributed by atoms with van der Waals surface area (Å²) in [6.07, 6.45) is 0. The Morgan fingerprint density at radius 3 is 2.53 bits per heavy atom. The number of hydrogen-bond donors (Lipinski definition) is 0. The highest BCUT2D eigenvalue weighted by Gasteiger charge is 2.50. The van der Waals surface area contributed by atoms with E-state index in [1.165, 1.54) is 12.1 Å². The monoisotopic (exact) mass is 263 g/mol. The molecule has 1 aromatic carbocycles. The van der Waals surface area contributed by atoms with Crippen molar-refractivity contribution in [3.63, 3.8) is 0 Å². The lowest BCUT2D eigenvalue weighted by atomic mass is 9.65. The Morgan fingerprint density at radius 1 is 1.42 bits per heavy atom. The number of hydrogen-bond acceptors (Lipinski definition) is 3. The van der Waals surface area contributed by atoms with Crippen LogP contribution in [0.2, 0.25) is 0 Å². The fourth-order valence-corrected chi connectivity index (χ4v) is 2.80. The predicted molar refractivity (Wildman–Crippen MR) is 69.4 cm³/mol. The van der Waals surface area contributed by atoms with Gasteiger partial charge in [0.2, 0.25) is 0 Å². The SMILES string of the molecule is COc1ccc(F)cc1C1(C(C#N)C(C)C)COC1. The zero-order valence-corrected chi connectivity index (χ0v) is 11.4. The molecule has 1 atom stereocenters. The summed E-state index contributed by atoms with van der Waals surface area (Å²) in [4.78, 5) is 0. The minimum atomic E-state index is -0.462. The maximum absolute atomic E-state index is 13.6. The summed E-state index contributed by atoms with van der Waals surface area (Å²) in [7, 11) is 1.56. The van der Waals surface area contributed by atoms with Crippen molar-refractivity contribution in [1.82, 2.24) is 0 Å². The Balaban J connectivity index is 2.53. The lowest BCUT2D eigenvalue weighted by molar-refractivity contribution is -0.0886. The summed E-state index contributed by atoms with van der Waals surface area (Å²) in [6.45, 7) is 4.87. The van der Waals surface area contributed by atoms with Gasteiger partial charge in [0.1, 0.15) is 11.6 Å². The van der Waals surface area contributed by atoms with E-state index in [1.54, 1.807) is 13.2 Å². The van der Waals surface area contributed by atoms with Crippen molar-refractivity contribution in [2.24, 2.45) is 11.8 Å². The standard InChI is InChI=1S/C15H18FNO2/c1-10(2)13(7-17)15(8-19-9-15)12-6-11(16)4-5-14(12)18-3/h4-6,10,13H,8-9H2,1-3H3. The molecule has 0 spiro atoms. The molecule has 1 fully saturated rings. The van der Waals surface area contributed by atoms with Gasteiger partial charge in [0.05, 0.1) is 37.7 Å². The van der Waals surface area contributed by atoms with Gasteiger partial charge in [-0.3, -0.25) is 0 Å². The molecule has 19 heavy (non-hydrogen) atoms. The lowest BCUT2D eigenvalue weighted by Crippen LogP contribution is -2.53. The second kappa shape index (κ2) is 5.18. The van der Waals surface area contributed by atoms with Gasteiger partial charge in [-0.1, -0.05) is 13.8 Å². The van der Waals surface area contributed by atoms with Crippen molar-refractivity contribution in [3.05, 3.63) is 29.6 Å². The lowest BCUT2D eigenvalue weighted by Gasteiger charge is -2.46. The van der Waals surface area contributed by atoms with Crippen LogP contribution in [0.25, 0.3) is 0 Å². The van der Waals surface area contributed by atoms with Crippen LogP contribution >= 0.6 is 0 Å². The maximum atomic E-state index is 13.6. The van der Waals surface area contributed by atoms with Crippen LogP contribution < -0.4 is 4.74 Å². The number of nitriles is 1. The molecule has 0 saturated carbocycles. The van der Waals surface area contributed by atoms with Crippen molar-refractivity contribution in [1.29, 1.82) is 5.26 Å². The van der Waals surface area contributed by atoms with E-state index < -0.39 is 5.41 Å². The van der Waals surface area contributed by atoms with Crippen LogP contribution in [0, 0.1) is 29.0 Å². The summed E-state index contributed by atoms with van der Waals surface area (Å²) in [5.74, 6) is 0.243. The summed E-state index contributed by atoms with van der Waals surface area (Å²) < 4.78 is 24.2. The molecule has 2 rings (SSSR count). The maximum Gasteiger partial charge on any atom is 0.123 e. The molecule has 102 valence electrons. The molecular weight excluding hydrogens is 245 g/mol. The number of halogens is 1. The van der Waals surface area contributed by atoms with Crippen molar-refractivity contribution < 1.29 is 13.9 Å². The van der Waals surface area contributed by atoms with E-state index in [4.69, 9.17) is 9.47 Å². The van der Waals surface area contributed by atoms with Crippen LogP contribution in [-0.2, 0) is 10.2 Å². The average Bonchev–Trinajstić information content (AvgIpc) is 2.33. The van der Waals surface area contributed by atoms with Crippen LogP contribution in [0.5, 0.6) is 5.75 Å². The van der Waals surface area contributed by atoms with Crippen molar-refractivity contribution in [2.75, 3.05) is 20.3 Å². The van der Waals surface area contributed by atoms with Crippen LogP contribution in [-0.4, -0.2) is 20.3 Å². The van der Waals surface area contributed by atoms with Crippen LogP contribution in [0.3, 0.4) is 0 Å². The fourth-order valence-electron chi connectivity index (χ4n) is 2.80. The minimum absolute atomic E-state index is 0.168. The summed E-state index contributed by atoms with van der Waals surface area (Å²) in [5, 5.41) is 9.45. The second-order valence-electron chi connectivity index (χ2n) is 5.34. The van der Waals surface area contributed by atoms with Gasteiger partial charge in [-0.15, -0.1) is 0 Å². The Kier molecular flexibility index (Phi) is 3.77. The van der Waals surface area contributed by atoms with Gasteiger partial charge in [-0.05, 0) is 24.1 Å². The van der Waals surface area contributed by atoms with Gasteiger partial charge in [-0.2, -0.15) is 5.26 Å². The quantitative estimate of drug-likeness (QED) is 0.838. The zero-order chi connectivity index (χ0) is 14.0. The highest BCUT2D eigenvalue weighted by molar-refractivity contribution is 5.43. The number of benzene rings is 1. The van der Waals surface area contributed by atoms with Crippen LogP contribution in [0.4, 0.5) is 4.39 Å². The Labute approximate surface area is 112 Å². The number of nitrogens with zero attached hydrogens (tertiary/aromatic N) is 1. The first-order valence-electron chi connectivity index (χ1n) is 6.36. The second-order valence-corrected chi connectivity index (χ2v) is 5.34. The van der Waals surface area contributed by atoms with E-state index in [1.807, 2.05) is 13.8 Å². The molecule has 0 bridgehead atoms. The first-order valence-corrected chi connectivity index (χ1v) is 6.36. The van der Waals surface area contributed by atoms with E-state index in [9.17, 15) is 9.65 Å². The minimum Gasteiger partial charge on any atom is -0.496 e. The van der Waals surface area contributed by atoms with Gasteiger partial charge < -0.3 is 9.47 Å². The number of rotatable bonds is 4. The zero-order valence-electron chi connectivity index (χ0n) is 11.4. The molecule has 0 aliphatic carbocycles. The third-order valence-electron chi connectivity index (χ3n) is 3.82. The number of methoxy groups -OCH3 is 1. The van der Waals surface area contributed by atoms with Gasteiger partial charge in [0.15, 0.2) is 0 Å².